The molecule has 1 heterocycles. The average molecular weight is 459 g/mol. The van der Waals surface area contributed by atoms with Gasteiger partial charge >= 0.3 is 0 Å². The van der Waals surface area contributed by atoms with E-state index in [1.165, 1.54) is 11.8 Å². The van der Waals surface area contributed by atoms with E-state index < -0.39 is 0 Å². The molecule has 7 heteroatoms. The number of methoxy groups -OCH3 is 1. The van der Waals surface area contributed by atoms with Crippen LogP contribution in [0.4, 0.5) is 5.69 Å². The predicted octanol–water partition coefficient (Wildman–Crippen LogP) is 5.60. The lowest BCUT2D eigenvalue weighted by Gasteiger charge is -2.12. The molecule has 1 N–H and O–H groups in total. The van der Waals surface area contributed by atoms with Crippen LogP contribution >= 0.6 is 11.8 Å². The summed E-state index contributed by atoms with van der Waals surface area (Å²) in [7, 11) is 1.64. The van der Waals surface area contributed by atoms with Gasteiger partial charge in [-0.2, -0.15) is 0 Å². The molecule has 1 amide bonds. The number of thioether (sulfide) groups is 1. The standard InChI is InChI=1S/C26H26N4O2S/c1-17-7-5-9-20(15-17)25-28-29-26(30(25)21-11-13-22(32-4)14-12-21)33-16-24(31)27-23-10-6-8-18(2)19(23)3/h5-15H,16H2,1-4H3,(H,27,31). The molecule has 1 aromatic heterocycles. The number of benzene rings is 3. The van der Waals surface area contributed by atoms with Crippen LogP contribution in [0.15, 0.2) is 71.9 Å². The van der Waals surface area contributed by atoms with Crippen LogP contribution in [0.3, 0.4) is 0 Å². The smallest absolute Gasteiger partial charge is 0.234 e. The van der Waals surface area contributed by atoms with Crippen molar-refractivity contribution >= 4 is 23.4 Å². The largest absolute Gasteiger partial charge is 0.497 e. The van der Waals surface area contributed by atoms with E-state index in [1.54, 1.807) is 7.11 Å². The van der Waals surface area contributed by atoms with Crippen molar-refractivity contribution < 1.29 is 9.53 Å². The highest BCUT2D eigenvalue weighted by molar-refractivity contribution is 7.99. The molecular formula is C26H26N4O2S. The molecule has 0 aliphatic carbocycles. The molecule has 0 fully saturated rings. The second-order valence-electron chi connectivity index (χ2n) is 7.79. The lowest BCUT2D eigenvalue weighted by molar-refractivity contribution is -0.113. The lowest BCUT2D eigenvalue weighted by atomic mass is 10.1. The van der Waals surface area contributed by atoms with Crippen molar-refractivity contribution in [1.29, 1.82) is 0 Å². The Labute approximate surface area is 198 Å². The number of anilines is 1. The molecule has 0 atom stereocenters. The van der Waals surface area contributed by atoms with Crippen molar-refractivity contribution in [2.45, 2.75) is 25.9 Å². The summed E-state index contributed by atoms with van der Waals surface area (Å²) in [4.78, 5) is 12.7. The first-order chi connectivity index (χ1) is 16.0. The fourth-order valence-corrected chi connectivity index (χ4v) is 4.25. The lowest BCUT2D eigenvalue weighted by Crippen LogP contribution is -2.15. The van der Waals surface area contributed by atoms with Gasteiger partial charge in [0.05, 0.1) is 12.9 Å². The quantitative estimate of drug-likeness (QED) is 0.365. The van der Waals surface area contributed by atoms with Crippen molar-refractivity contribution in [2.75, 3.05) is 18.2 Å². The second kappa shape index (κ2) is 9.92. The Hall–Kier alpha value is -3.58. The third-order valence-corrected chi connectivity index (χ3v) is 6.38. The number of nitrogens with zero attached hydrogens (tertiary/aromatic N) is 3. The number of hydrogen-bond acceptors (Lipinski definition) is 5. The molecule has 0 saturated heterocycles. The Bertz CT molecular complexity index is 1280. The number of carbonyl (C=O) groups excluding carboxylic acids is 1. The van der Waals surface area contributed by atoms with Gasteiger partial charge in [-0.3, -0.25) is 9.36 Å². The van der Waals surface area contributed by atoms with Crippen LogP contribution in [-0.4, -0.2) is 33.5 Å². The summed E-state index contributed by atoms with van der Waals surface area (Å²) in [6.07, 6.45) is 0. The van der Waals surface area contributed by atoms with E-state index in [2.05, 4.69) is 21.6 Å². The third kappa shape index (κ3) is 5.09. The van der Waals surface area contributed by atoms with E-state index in [-0.39, 0.29) is 11.7 Å². The van der Waals surface area contributed by atoms with Gasteiger partial charge in [-0.05, 0) is 68.3 Å². The Morgan fingerprint density at radius 1 is 1.00 bits per heavy atom. The molecule has 0 radical (unpaired) electrons. The fourth-order valence-electron chi connectivity index (χ4n) is 3.50. The number of amides is 1. The zero-order valence-corrected chi connectivity index (χ0v) is 19.9. The van der Waals surface area contributed by atoms with E-state index in [0.717, 1.165) is 45.2 Å². The van der Waals surface area contributed by atoms with E-state index in [4.69, 9.17) is 4.74 Å². The first-order valence-corrected chi connectivity index (χ1v) is 11.6. The summed E-state index contributed by atoms with van der Waals surface area (Å²) in [5.74, 6) is 1.62. The second-order valence-corrected chi connectivity index (χ2v) is 8.74. The van der Waals surface area contributed by atoms with Crippen molar-refractivity contribution in [3.05, 3.63) is 83.4 Å². The van der Waals surface area contributed by atoms with E-state index in [9.17, 15) is 4.79 Å². The number of carbonyl (C=O) groups is 1. The van der Waals surface area contributed by atoms with Crippen LogP contribution < -0.4 is 10.1 Å². The first kappa shape index (κ1) is 22.6. The van der Waals surface area contributed by atoms with E-state index in [1.807, 2.05) is 86.0 Å². The van der Waals surface area contributed by atoms with Crippen LogP contribution in [0.5, 0.6) is 5.75 Å². The van der Waals surface area contributed by atoms with Gasteiger partial charge in [-0.25, -0.2) is 0 Å². The van der Waals surface area contributed by atoms with Gasteiger partial charge in [0.1, 0.15) is 5.75 Å². The van der Waals surface area contributed by atoms with Crippen LogP contribution in [-0.2, 0) is 4.79 Å². The van der Waals surface area contributed by atoms with Crippen molar-refractivity contribution in [1.82, 2.24) is 14.8 Å². The summed E-state index contributed by atoms with van der Waals surface area (Å²) in [5.41, 5.74) is 6.04. The zero-order chi connectivity index (χ0) is 23.4. The Morgan fingerprint density at radius 3 is 2.48 bits per heavy atom. The Kier molecular flexibility index (Phi) is 6.79. The molecule has 4 rings (SSSR count). The third-order valence-electron chi connectivity index (χ3n) is 5.45. The monoisotopic (exact) mass is 458 g/mol. The normalized spacial score (nSPS) is 10.8. The van der Waals surface area contributed by atoms with Gasteiger partial charge in [-0.1, -0.05) is 47.7 Å². The maximum absolute atomic E-state index is 12.7. The topological polar surface area (TPSA) is 69.0 Å². The Morgan fingerprint density at radius 2 is 1.76 bits per heavy atom. The first-order valence-electron chi connectivity index (χ1n) is 10.6. The van der Waals surface area contributed by atoms with Gasteiger partial charge in [0.15, 0.2) is 11.0 Å². The molecule has 0 spiro atoms. The zero-order valence-electron chi connectivity index (χ0n) is 19.1. The van der Waals surface area contributed by atoms with Gasteiger partial charge in [0, 0.05) is 16.9 Å². The van der Waals surface area contributed by atoms with Crippen LogP contribution in [0.2, 0.25) is 0 Å². The van der Waals surface area contributed by atoms with Crippen LogP contribution in [0.25, 0.3) is 17.1 Å². The summed E-state index contributed by atoms with van der Waals surface area (Å²) in [6.45, 7) is 6.08. The Balaban J connectivity index is 1.62. The number of nitrogens with one attached hydrogen (secondary N) is 1. The predicted molar refractivity (Wildman–Crippen MR) is 133 cm³/mol. The minimum atomic E-state index is -0.0879. The highest BCUT2D eigenvalue weighted by Crippen LogP contribution is 2.29. The fraction of sp³-hybridized carbons (Fsp3) is 0.192. The molecule has 0 unspecified atom stereocenters. The number of rotatable bonds is 7. The number of aromatic nitrogens is 3. The van der Waals surface area contributed by atoms with Gasteiger partial charge < -0.3 is 10.1 Å². The van der Waals surface area contributed by atoms with Crippen LogP contribution in [0.1, 0.15) is 16.7 Å². The number of hydrogen-bond donors (Lipinski definition) is 1. The SMILES string of the molecule is COc1ccc(-n2c(SCC(=O)Nc3cccc(C)c3C)nnc2-c2cccc(C)c2)cc1. The molecule has 0 bridgehead atoms. The van der Waals surface area contributed by atoms with Crippen LogP contribution in [0, 0.1) is 20.8 Å². The van der Waals surface area contributed by atoms with E-state index in [0.29, 0.717) is 5.16 Å². The van der Waals surface area contributed by atoms with Crippen molar-refractivity contribution in [2.24, 2.45) is 0 Å². The molecule has 0 saturated carbocycles. The van der Waals surface area contributed by atoms with Crippen molar-refractivity contribution in [3.8, 4) is 22.8 Å². The highest BCUT2D eigenvalue weighted by Gasteiger charge is 2.18. The molecule has 0 aliphatic heterocycles. The molecule has 3 aromatic carbocycles. The maximum Gasteiger partial charge on any atom is 0.234 e. The minimum absolute atomic E-state index is 0.0879. The van der Waals surface area contributed by atoms with Gasteiger partial charge in [0.25, 0.3) is 0 Å². The maximum atomic E-state index is 12.7. The minimum Gasteiger partial charge on any atom is -0.497 e. The van der Waals surface area contributed by atoms with E-state index >= 15 is 0 Å². The molecule has 0 aliphatic rings. The molecule has 33 heavy (non-hydrogen) atoms. The van der Waals surface area contributed by atoms with Gasteiger partial charge in [0.2, 0.25) is 5.91 Å². The molecular weight excluding hydrogens is 432 g/mol. The molecule has 6 nitrogen and oxygen atoms in total. The summed E-state index contributed by atoms with van der Waals surface area (Å²) in [5, 5.41) is 12.5. The summed E-state index contributed by atoms with van der Waals surface area (Å²) < 4.78 is 7.28. The number of ether oxygens (including phenoxy) is 1. The average Bonchev–Trinajstić information content (AvgIpc) is 3.25. The summed E-state index contributed by atoms with van der Waals surface area (Å²) >= 11 is 1.36. The van der Waals surface area contributed by atoms with Gasteiger partial charge in [-0.15, -0.1) is 10.2 Å². The number of aryl methyl sites for hydroxylation is 2. The molecule has 4 aromatic rings. The highest BCUT2D eigenvalue weighted by atomic mass is 32.2. The summed E-state index contributed by atoms with van der Waals surface area (Å²) in [6, 6.07) is 21.7. The molecule has 168 valence electrons. The van der Waals surface area contributed by atoms with Crippen molar-refractivity contribution in [3.63, 3.8) is 0 Å².